The third-order valence-electron chi connectivity index (χ3n) is 4.71. The first-order chi connectivity index (χ1) is 12.4. The number of nitrogens with one attached hydrogen (secondary N) is 2. The zero-order valence-electron chi connectivity index (χ0n) is 15.5. The molecule has 2 aromatic carbocycles. The summed E-state index contributed by atoms with van der Waals surface area (Å²) >= 11 is 0. The zero-order valence-corrected chi connectivity index (χ0v) is 15.5. The van der Waals surface area contributed by atoms with E-state index in [2.05, 4.69) is 40.7 Å². The van der Waals surface area contributed by atoms with Crippen LogP contribution in [-0.2, 0) is 16.0 Å². The lowest BCUT2D eigenvalue weighted by Gasteiger charge is -2.35. The molecule has 3 rings (SSSR count). The Kier molecular flexibility index (Phi) is 5.26. The van der Waals surface area contributed by atoms with Crippen LogP contribution in [0, 0.1) is 6.92 Å². The molecule has 0 fully saturated rings. The largest absolute Gasteiger partial charge is 0.360 e. The van der Waals surface area contributed by atoms with E-state index in [0.29, 0.717) is 5.69 Å². The van der Waals surface area contributed by atoms with Gasteiger partial charge in [-0.1, -0.05) is 17.7 Å². The fourth-order valence-corrected chi connectivity index (χ4v) is 3.39. The van der Waals surface area contributed by atoms with Crippen molar-refractivity contribution < 1.29 is 9.59 Å². The van der Waals surface area contributed by atoms with Crippen LogP contribution in [-0.4, -0.2) is 24.4 Å². The van der Waals surface area contributed by atoms with Gasteiger partial charge < -0.3 is 15.5 Å². The molecule has 1 aliphatic rings. The second kappa shape index (κ2) is 7.60. The second-order valence-corrected chi connectivity index (χ2v) is 6.85. The van der Waals surface area contributed by atoms with E-state index in [4.69, 9.17) is 0 Å². The molecule has 0 saturated carbocycles. The highest BCUT2D eigenvalue weighted by molar-refractivity contribution is 5.97. The molecule has 0 bridgehead atoms. The van der Waals surface area contributed by atoms with E-state index in [-0.39, 0.29) is 17.9 Å². The Morgan fingerprint density at radius 1 is 1.04 bits per heavy atom. The lowest BCUT2D eigenvalue weighted by atomic mass is 9.98. The molecule has 2 N–H and O–H groups in total. The van der Waals surface area contributed by atoms with Gasteiger partial charge in [0.25, 0.3) is 0 Å². The predicted molar refractivity (Wildman–Crippen MR) is 106 cm³/mol. The molecule has 5 nitrogen and oxygen atoms in total. The van der Waals surface area contributed by atoms with Crippen molar-refractivity contribution >= 4 is 28.9 Å². The molecular formula is C21H25N3O2. The highest BCUT2D eigenvalue weighted by atomic mass is 16.2. The molecule has 2 amide bonds. The maximum absolute atomic E-state index is 12.7. The fraction of sp³-hybridized carbons (Fsp3) is 0.333. The summed E-state index contributed by atoms with van der Waals surface area (Å²) in [6.45, 7) is 6.39. The molecule has 0 saturated heterocycles. The molecule has 2 aromatic rings. The number of aryl methyl sites for hydroxylation is 2. The van der Waals surface area contributed by atoms with Gasteiger partial charge in [-0.3, -0.25) is 9.59 Å². The van der Waals surface area contributed by atoms with Crippen molar-refractivity contribution in [1.29, 1.82) is 0 Å². The number of hydrogen-bond acceptors (Lipinski definition) is 3. The molecular weight excluding hydrogens is 326 g/mol. The van der Waals surface area contributed by atoms with Gasteiger partial charge in [-0.15, -0.1) is 0 Å². The van der Waals surface area contributed by atoms with Crippen LogP contribution in [0.2, 0.25) is 0 Å². The average molecular weight is 351 g/mol. The van der Waals surface area contributed by atoms with Crippen molar-refractivity contribution in [2.75, 3.05) is 22.1 Å². The molecule has 136 valence electrons. The van der Waals surface area contributed by atoms with Gasteiger partial charge in [0.15, 0.2) is 0 Å². The van der Waals surface area contributed by atoms with E-state index in [0.717, 1.165) is 30.8 Å². The summed E-state index contributed by atoms with van der Waals surface area (Å²) in [6.07, 6.45) is 2.12. The fourth-order valence-electron chi connectivity index (χ4n) is 3.39. The smallest absolute Gasteiger partial charge is 0.246 e. The topological polar surface area (TPSA) is 61.4 Å². The minimum absolute atomic E-state index is 0.0364. The van der Waals surface area contributed by atoms with Gasteiger partial charge in [-0.05, 0) is 62.6 Å². The highest BCUT2D eigenvalue weighted by Crippen LogP contribution is 2.29. The van der Waals surface area contributed by atoms with Crippen LogP contribution >= 0.6 is 0 Å². The Morgan fingerprint density at radius 3 is 2.35 bits per heavy atom. The number of carbonyl (C=O) groups is 2. The van der Waals surface area contributed by atoms with E-state index in [9.17, 15) is 9.59 Å². The van der Waals surface area contributed by atoms with Crippen LogP contribution in [0.3, 0.4) is 0 Å². The summed E-state index contributed by atoms with van der Waals surface area (Å²) in [7, 11) is 0. The van der Waals surface area contributed by atoms with E-state index >= 15 is 0 Å². The van der Waals surface area contributed by atoms with E-state index in [1.165, 1.54) is 18.1 Å². The number of anilines is 3. The van der Waals surface area contributed by atoms with E-state index < -0.39 is 0 Å². The number of benzene rings is 2. The van der Waals surface area contributed by atoms with Crippen molar-refractivity contribution in [3.63, 3.8) is 0 Å². The van der Waals surface area contributed by atoms with Crippen LogP contribution in [0.25, 0.3) is 0 Å². The SMILES string of the molecule is CC(=O)Nc1ccc(NC(=O)[C@H](C)N2CCCc3cc(C)ccc32)cc1. The molecule has 0 unspecified atom stereocenters. The number of rotatable bonds is 4. The molecule has 1 heterocycles. The molecule has 0 aromatic heterocycles. The summed E-state index contributed by atoms with van der Waals surface area (Å²) in [5.41, 5.74) is 5.16. The van der Waals surface area contributed by atoms with Crippen LogP contribution in [0.5, 0.6) is 0 Å². The number of fused-ring (bicyclic) bond motifs is 1. The summed E-state index contributed by atoms with van der Waals surface area (Å²) in [6, 6.07) is 13.3. The maximum Gasteiger partial charge on any atom is 0.246 e. The number of carbonyl (C=O) groups excluding carboxylic acids is 2. The number of hydrogen-bond donors (Lipinski definition) is 2. The standard InChI is InChI=1S/C21H25N3O2/c1-14-6-11-20-17(13-14)5-4-12-24(20)15(2)21(26)23-19-9-7-18(8-10-19)22-16(3)25/h6-11,13,15H,4-5,12H2,1-3H3,(H,22,25)(H,23,26)/t15-/m0/s1. The van der Waals surface area contributed by atoms with Crippen molar-refractivity contribution in [3.8, 4) is 0 Å². The third-order valence-corrected chi connectivity index (χ3v) is 4.71. The van der Waals surface area contributed by atoms with Crippen LogP contribution in [0.4, 0.5) is 17.1 Å². The highest BCUT2D eigenvalue weighted by Gasteiger charge is 2.26. The molecule has 26 heavy (non-hydrogen) atoms. The van der Waals surface area contributed by atoms with Gasteiger partial charge in [0, 0.05) is 30.5 Å². The molecule has 0 spiro atoms. The van der Waals surface area contributed by atoms with Gasteiger partial charge in [0.1, 0.15) is 6.04 Å². The first-order valence-corrected chi connectivity index (χ1v) is 8.99. The Balaban J connectivity index is 1.70. The number of amides is 2. The van der Waals surface area contributed by atoms with Crippen molar-refractivity contribution in [1.82, 2.24) is 0 Å². The summed E-state index contributed by atoms with van der Waals surface area (Å²) in [5, 5.41) is 5.68. The minimum Gasteiger partial charge on any atom is -0.360 e. The first kappa shape index (κ1) is 18.0. The average Bonchev–Trinajstić information content (AvgIpc) is 2.61. The van der Waals surface area contributed by atoms with Gasteiger partial charge >= 0.3 is 0 Å². The molecule has 1 aliphatic heterocycles. The number of nitrogens with zero attached hydrogens (tertiary/aromatic N) is 1. The Morgan fingerprint density at radius 2 is 1.69 bits per heavy atom. The van der Waals surface area contributed by atoms with Crippen LogP contribution < -0.4 is 15.5 Å². The van der Waals surface area contributed by atoms with Crippen LogP contribution in [0.15, 0.2) is 42.5 Å². The molecule has 1 atom stereocenters. The monoisotopic (exact) mass is 351 g/mol. The Hall–Kier alpha value is -2.82. The Labute approximate surface area is 154 Å². The molecule has 0 radical (unpaired) electrons. The van der Waals surface area contributed by atoms with Gasteiger partial charge in [-0.2, -0.15) is 0 Å². The second-order valence-electron chi connectivity index (χ2n) is 6.85. The summed E-state index contributed by atoms with van der Waals surface area (Å²) in [4.78, 5) is 26.0. The zero-order chi connectivity index (χ0) is 18.7. The normalized spacial score (nSPS) is 14.3. The van der Waals surface area contributed by atoms with Crippen molar-refractivity contribution in [3.05, 3.63) is 53.6 Å². The predicted octanol–water partition coefficient (Wildman–Crippen LogP) is 3.73. The molecule has 5 heteroatoms. The summed E-state index contributed by atoms with van der Waals surface area (Å²) < 4.78 is 0. The van der Waals surface area contributed by atoms with E-state index in [1.807, 2.05) is 6.92 Å². The molecule has 0 aliphatic carbocycles. The van der Waals surface area contributed by atoms with Gasteiger partial charge in [0.2, 0.25) is 11.8 Å². The third kappa shape index (κ3) is 4.04. The van der Waals surface area contributed by atoms with Gasteiger partial charge in [-0.25, -0.2) is 0 Å². The van der Waals surface area contributed by atoms with E-state index in [1.54, 1.807) is 24.3 Å². The van der Waals surface area contributed by atoms with Crippen molar-refractivity contribution in [2.45, 2.75) is 39.7 Å². The lowest BCUT2D eigenvalue weighted by molar-refractivity contribution is -0.117. The van der Waals surface area contributed by atoms with Crippen molar-refractivity contribution in [2.24, 2.45) is 0 Å². The van der Waals surface area contributed by atoms with Crippen LogP contribution in [0.1, 0.15) is 31.4 Å². The quantitative estimate of drug-likeness (QED) is 0.882. The Bertz CT molecular complexity index is 815. The summed E-state index contributed by atoms with van der Waals surface area (Å²) in [5.74, 6) is -0.153. The minimum atomic E-state index is -0.258. The first-order valence-electron chi connectivity index (χ1n) is 8.99. The lowest BCUT2D eigenvalue weighted by Crippen LogP contribution is -2.44. The maximum atomic E-state index is 12.7. The van der Waals surface area contributed by atoms with Gasteiger partial charge in [0.05, 0.1) is 0 Å².